The highest BCUT2D eigenvalue weighted by Crippen LogP contribution is 2.26. The lowest BCUT2D eigenvalue weighted by atomic mass is 9.92. The van der Waals surface area contributed by atoms with E-state index in [9.17, 15) is 19.2 Å². The van der Waals surface area contributed by atoms with Crippen LogP contribution in [0.4, 0.5) is 0 Å². The summed E-state index contributed by atoms with van der Waals surface area (Å²) in [7, 11) is 0. The van der Waals surface area contributed by atoms with E-state index in [2.05, 4.69) is 5.32 Å². The molecule has 1 rings (SSSR count). The Balaban J connectivity index is 3.12. The van der Waals surface area contributed by atoms with Gasteiger partial charge in [-0.1, -0.05) is 0 Å². The summed E-state index contributed by atoms with van der Waals surface area (Å²) in [5, 5.41) is 2.60. The lowest BCUT2D eigenvalue weighted by Crippen LogP contribution is -2.66. The molecule has 0 spiro atoms. The van der Waals surface area contributed by atoms with E-state index in [1.165, 1.54) is 20.8 Å². The molecule has 5 unspecified atom stereocenters. The number of nitrogens with two attached hydrogens (primary N) is 1. The van der Waals surface area contributed by atoms with Gasteiger partial charge in [-0.25, -0.2) is 0 Å². The van der Waals surface area contributed by atoms with Crippen LogP contribution in [0, 0.1) is 0 Å². The van der Waals surface area contributed by atoms with Gasteiger partial charge in [0.15, 0.2) is 12.2 Å². The molecular formula is C15H24N2O8. The van der Waals surface area contributed by atoms with Gasteiger partial charge in [0.1, 0.15) is 12.7 Å². The molecule has 1 aliphatic rings. The molecule has 0 aromatic heterocycles. The third kappa shape index (κ3) is 6.31. The molecule has 3 N–H and O–H groups in total. The Labute approximate surface area is 145 Å². The van der Waals surface area contributed by atoms with Crippen LogP contribution in [0.3, 0.4) is 0 Å². The normalized spacial score (nSPS) is 28.6. The lowest BCUT2D eigenvalue weighted by Gasteiger charge is -2.44. The summed E-state index contributed by atoms with van der Waals surface area (Å²) >= 11 is 0. The van der Waals surface area contributed by atoms with E-state index in [-0.39, 0.29) is 13.2 Å². The molecule has 1 saturated heterocycles. The van der Waals surface area contributed by atoms with Crippen molar-refractivity contribution in [1.82, 2.24) is 5.32 Å². The van der Waals surface area contributed by atoms with Crippen molar-refractivity contribution in [2.45, 2.75) is 58.2 Å². The second-order valence-corrected chi connectivity index (χ2v) is 5.63. The molecule has 1 fully saturated rings. The van der Waals surface area contributed by atoms with Crippen molar-refractivity contribution in [3.8, 4) is 0 Å². The molecule has 10 nitrogen and oxygen atoms in total. The molecule has 0 aliphatic carbocycles. The lowest BCUT2D eigenvalue weighted by molar-refractivity contribution is -0.221. The molecule has 25 heavy (non-hydrogen) atoms. The van der Waals surface area contributed by atoms with E-state index in [0.29, 0.717) is 0 Å². The fourth-order valence-corrected chi connectivity index (χ4v) is 2.57. The number of nitrogens with one attached hydrogen (secondary N) is 1. The van der Waals surface area contributed by atoms with Gasteiger partial charge in [-0.15, -0.1) is 0 Å². The Kier molecular flexibility index (Phi) is 7.78. The molecule has 0 bridgehead atoms. The standard InChI is InChI=1S/C15H24N2O8/c1-7-13(17-12(21)5-16)15(25-10(4)20)14(24-9(3)19)11(23-7)6-22-8(2)18/h7,11,13-15H,5-6,16H2,1-4H3,(H,17,21). The predicted octanol–water partition coefficient (Wildman–Crippen LogP) is -1.36. The summed E-state index contributed by atoms with van der Waals surface area (Å²) < 4.78 is 21.2. The fourth-order valence-electron chi connectivity index (χ4n) is 2.57. The number of hydrogen-bond donors (Lipinski definition) is 2. The van der Waals surface area contributed by atoms with Gasteiger partial charge in [0.25, 0.3) is 0 Å². The number of carbonyl (C=O) groups is 4. The first-order valence-corrected chi connectivity index (χ1v) is 7.78. The van der Waals surface area contributed by atoms with Crippen LogP contribution in [0.25, 0.3) is 0 Å². The van der Waals surface area contributed by atoms with Gasteiger partial charge in [-0.3, -0.25) is 19.2 Å². The first kappa shape index (κ1) is 20.8. The summed E-state index contributed by atoms with van der Waals surface area (Å²) in [6.45, 7) is 4.76. The zero-order valence-electron chi connectivity index (χ0n) is 14.6. The van der Waals surface area contributed by atoms with E-state index >= 15 is 0 Å². The molecule has 1 aliphatic heterocycles. The molecule has 0 radical (unpaired) electrons. The second kappa shape index (κ2) is 9.33. The molecular weight excluding hydrogens is 336 g/mol. The molecule has 142 valence electrons. The minimum atomic E-state index is -1.07. The number of amides is 1. The molecule has 5 atom stereocenters. The van der Waals surface area contributed by atoms with Crippen LogP contribution < -0.4 is 11.1 Å². The topological polar surface area (TPSA) is 143 Å². The van der Waals surface area contributed by atoms with Crippen LogP contribution in [0.1, 0.15) is 27.7 Å². The van der Waals surface area contributed by atoms with Gasteiger partial charge < -0.3 is 30.0 Å². The van der Waals surface area contributed by atoms with E-state index < -0.39 is 54.3 Å². The Hall–Kier alpha value is -2.20. The minimum Gasteiger partial charge on any atom is -0.463 e. The number of hydrogen-bond acceptors (Lipinski definition) is 9. The molecule has 1 heterocycles. The van der Waals surface area contributed by atoms with Crippen LogP contribution in [0.5, 0.6) is 0 Å². The zero-order chi connectivity index (χ0) is 19.1. The summed E-state index contributed by atoms with van der Waals surface area (Å²) in [4.78, 5) is 45.7. The van der Waals surface area contributed by atoms with E-state index in [0.717, 1.165) is 0 Å². The Morgan fingerprint density at radius 3 is 2.04 bits per heavy atom. The second-order valence-electron chi connectivity index (χ2n) is 5.63. The molecule has 1 amide bonds. The maximum Gasteiger partial charge on any atom is 0.303 e. The summed E-state index contributed by atoms with van der Waals surface area (Å²) in [6.07, 6.45) is -3.58. The van der Waals surface area contributed by atoms with Crippen LogP contribution in [0.2, 0.25) is 0 Å². The van der Waals surface area contributed by atoms with Crippen molar-refractivity contribution in [3.05, 3.63) is 0 Å². The highest BCUT2D eigenvalue weighted by molar-refractivity contribution is 5.78. The molecule has 0 saturated carbocycles. The minimum absolute atomic E-state index is 0.201. The third-order valence-electron chi connectivity index (χ3n) is 3.51. The van der Waals surface area contributed by atoms with Crippen molar-refractivity contribution < 1.29 is 38.1 Å². The SMILES string of the molecule is CC(=O)OCC1OC(C)C(NC(=O)CN)C(OC(C)=O)C1OC(C)=O. The molecule has 10 heteroatoms. The van der Waals surface area contributed by atoms with Gasteiger partial charge in [0, 0.05) is 20.8 Å². The van der Waals surface area contributed by atoms with E-state index in [1.54, 1.807) is 6.92 Å². The highest BCUT2D eigenvalue weighted by Gasteiger charge is 2.49. The van der Waals surface area contributed by atoms with E-state index in [4.69, 9.17) is 24.7 Å². The number of esters is 3. The zero-order valence-corrected chi connectivity index (χ0v) is 14.6. The average Bonchev–Trinajstić information content (AvgIpc) is 2.50. The first-order valence-electron chi connectivity index (χ1n) is 7.78. The maximum atomic E-state index is 11.7. The van der Waals surface area contributed by atoms with Crippen molar-refractivity contribution in [3.63, 3.8) is 0 Å². The van der Waals surface area contributed by atoms with Gasteiger partial charge in [0.05, 0.1) is 18.7 Å². The van der Waals surface area contributed by atoms with E-state index in [1.807, 2.05) is 0 Å². The Morgan fingerprint density at radius 1 is 1.00 bits per heavy atom. The highest BCUT2D eigenvalue weighted by atomic mass is 16.6. The fraction of sp³-hybridized carbons (Fsp3) is 0.733. The van der Waals surface area contributed by atoms with Crippen molar-refractivity contribution >= 4 is 23.8 Å². The Bertz CT molecular complexity index is 524. The summed E-state index contributed by atoms with van der Waals surface area (Å²) in [5.74, 6) is -2.30. The van der Waals surface area contributed by atoms with Crippen molar-refractivity contribution in [2.75, 3.05) is 13.2 Å². The molecule has 0 aromatic rings. The number of carbonyl (C=O) groups excluding carboxylic acids is 4. The molecule has 0 aromatic carbocycles. The van der Waals surface area contributed by atoms with Gasteiger partial charge in [-0.2, -0.15) is 0 Å². The van der Waals surface area contributed by atoms with Crippen LogP contribution in [-0.4, -0.2) is 67.4 Å². The quantitative estimate of drug-likeness (QED) is 0.433. The van der Waals surface area contributed by atoms with Crippen LogP contribution in [0.15, 0.2) is 0 Å². The van der Waals surface area contributed by atoms with Crippen molar-refractivity contribution in [2.24, 2.45) is 5.73 Å². The monoisotopic (exact) mass is 360 g/mol. The predicted molar refractivity (Wildman–Crippen MR) is 83.1 cm³/mol. The summed E-state index contributed by atoms with van der Waals surface area (Å²) in [5.41, 5.74) is 5.30. The van der Waals surface area contributed by atoms with Crippen LogP contribution in [-0.2, 0) is 38.1 Å². The van der Waals surface area contributed by atoms with Crippen LogP contribution >= 0.6 is 0 Å². The number of ether oxygens (including phenoxy) is 4. The smallest absolute Gasteiger partial charge is 0.303 e. The average molecular weight is 360 g/mol. The maximum absolute atomic E-state index is 11.7. The largest absolute Gasteiger partial charge is 0.463 e. The van der Waals surface area contributed by atoms with Gasteiger partial charge in [0.2, 0.25) is 5.91 Å². The number of rotatable bonds is 6. The van der Waals surface area contributed by atoms with Gasteiger partial charge in [-0.05, 0) is 6.92 Å². The first-order chi connectivity index (χ1) is 11.6. The summed E-state index contributed by atoms with van der Waals surface area (Å²) in [6, 6.07) is -0.794. The van der Waals surface area contributed by atoms with Crippen molar-refractivity contribution in [1.29, 1.82) is 0 Å². The van der Waals surface area contributed by atoms with Gasteiger partial charge >= 0.3 is 17.9 Å². The third-order valence-corrected chi connectivity index (χ3v) is 3.51. The Morgan fingerprint density at radius 2 is 1.56 bits per heavy atom.